The third-order valence-corrected chi connectivity index (χ3v) is 2.88. The molecule has 122 valence electrons. The zero-order valence-electron chi connectivity index (χ0n) is 13.7. The molecule has 0 aromatic heterocycles. The Morgan fingerprint density at radius 2 is 1.27 bits per heavy atom. The average Bonchev–Trinajstić information content (AvgIpc) is 2.46. The number of hydrogen-bond acceptors (Lipinski definition) is 6. The van der Waals surface area contributed by atoms with Crippen molar-refractivity contribution in [2.24, 2.45) is 0 Å². The number of ether oxygens (including phenoxy) is 2. The van der Waals surface area contributed by atoms with Gasteiger partial charge in [0.1, 0.15) is 13.2 Å². The maximum atomic E-state index is 11.9. The number of esters is 2. The summed E-state index contributed by atoms with van der Waals surface area (Å²) >= 11 is 0. The van der Waals surface area contributed by atoms with Gasteiger partial charge >= 0.3 is 11.9 Å². The third kappa shape index (κ3) is 6.69. The molecule has 0 radical (unpaired) electrons. The van der Waals surface area contributed by atoms with Crippen LogP contribution in [0.3, 0.4) is 0 Å². The Morgan fingerprint density at radius 1 is 0.864 bits per heavy atom. The average molecular weight is 308 g/mol. The van der Waals surface area contributed by atoms with E-state index < -0.39 is 11.9 Å². The van der Waals surface area contributed by atoms with E-state index in [0.29, 0.717) is 37.4 Å². The van der Waals surface area contributed by atoms with E-state index in [1.165, 1.54) is 6.07 Å². The van der Waals surface area contributed by atoms with Crippen LogP contribution in [0.4, 0.5) is 0 Å². The van der Waals surface area contributed by atoms with Crippen LogP contribution in [0.2, 0.25) is 0 Å². The molecule has 0 spiro atoms. The molecule has 0 fully saturated rings. The first kappa shape index (κ1) is 18.1. The maximum Gasteiger partial charge on any atom is 0.338 e. The quantitative estimate of drug-likeness (QED) is 0.671. The Balaban J connectivity index is 2.57. The molecule has 1 aromatic rings. The van der Waals surface area contributed by atoms with Gasteiger partial charge in [0.2, 0.25) is 0 Å². The van der Waals surface area contributed by atoms with Gasteiger partial charge in [-0.2, -0.15) is 0 Å². The van der Waals surface area contributed by atoms with Crippen LogP contribution in [0, 0.1) is 0 Å². The van der Waals surface area contributed by atoms with Gasteiger partial charge in [-0.25, -0.2) is 9.59 Å². The van der Waals surface area contributed by atoms with Crippen LogP contribution < -0.4 is 0 Å². The zero-order chi connectivity index (χ0) is 16.5. The molecule has 0 aliphatic heterocycles. The van der Waals surface area contributed by atoms with Gasteiger partial charge in [-0.15, -0.1) is 0 Å². The molecule has 6 heteroatoms. The summed E-state index contributed by atoms with van der Waals surface area (Å²) in [5, 5.41) is 0. The fourth-order valence-corrected chi connectivity index (χ4v) is 1.58. The fourth-order valence-electron chi connectivity index (χ4n) is 1.58. The number of hydrogen-bond donors (Lipinski definition) is 0. The van der Waals surface area contributed by atoms with E-state index in [4.69, 9.17) is 9.47 Å². The van der Waals surface area contributed by atoms with E-state index in [9.17, 15) is 9.59 Å². The van der Waals surface area contributed by atoms with E-state index >= 15 is 0 Å². The Morgan fingerprint density at radius 3 is 1.64 bits per heavy atom. The van der Waals surface area contributed by atoms with Gasteiger partial charge in [-0.05, 0) is 46.4 Å². The van der Waals surface area contributed by atoms with E-state index in [1.54, 1.807) is 18.2 Å². The molecule has 0 bridgehead atoms. The third-order valence-electron chi connectivity index (χ3n) is 2.88. The van der Waals surface area contributed by atoms with Crippen molar-refractivity contribution < 1.29 is 19.1 Å². The van der Waals surface area contributed by atoms with E-state index in [1.807, 2.05) is 38.0 Å². The van der Waals surface area contributed by atoms with Gasteiger partial charge in [0.05, 0.1) is 11.1 Å². The number of likely N-dealkylation sites (N-methyl/N-ethyl adjacent to an activating group) is 2. The summed E-state index contributed by atoms with van der Waals surface area (Å²) in [4.78, 5) is 27.7. The van der Waals surface area contributed by atoms with Crippen LogP contribution >= 0.6 is 0 Å². The summed E-state index contributed by atoms with van der Waals surface area (Å²) in [5.74, 6) is -0.880. The summed E-state index contributed by atoms with van der Waals surface area (Å²) < 4.78 is 10.3. The van der Waals surface area contributed by atoms with Crippen LogP contribution in [0.5, 0.6) is 0 Å². The minimum Gasteiger partial charge on any atom is -0.461 e. The number of rotatable bonds is 8. The molecule has 0 atom stereocenters. The first-order valence-corrected chi connectivity index (χ1v) is 7.14. The smallest absolute Gasteiger partial charge is 0.338 e. The molecule has 22 heavy (non-hydrogen) atoms. The number of carbonyl (C=O) groups excluding carboxylic acids is 2. The highest BCUT2D eigenvalue weighted by molar-refractivity contribution is 5.95. The van der Waals surface area contributed by atoms with Crippen molar-refractivity contribution >= 4 is 11.9 Å². The highest BCUT2D eigenvalue weighted by Crippen LogP contribution is 2.08. The van der Waals surface area contributed by atoms with Crippen LogP contribution in [0.15, 0.2) is 24.3 Å². The number of nitrogens with zero attached hydrogens (tertiary/aromatic N) is 2. The molecule has 0 heterocycles. The normalized spacial score (nSPS) is 10.8. The summed E-state index contributed by atoms with van der Waals surface area (Å²) in [6.45, 7) is 1.92. The van der Waals surface area contributed by atoms with Gasteiger partial charge < -0.3 is 19.3 Å². The number of benzene rings is 1. The summed E-state index contributed by atoms with van der Waals surface area (Å²) in [5.41, 5.74) is 0.696. The predicted molar refractivity (Wildman–Crippen MR) is 84.1 cm³/mol. The Labute approximate surface area is 131 Å². The summed E-state index contributed by atoms with van der Waals surface area (Å²) in [6.07, 6.45) is 0. The van der Waals surface area contributed by atoms with Gasteiger partial charge in [-0.1, -0.05) is 6.07 Å². The minimum absolute atomic E-state index is 0.309. The Bertz CT molecular complexity index is 459. The van der Waals surface area contributed by atoms with Crippen molar-refractivity contribution in [1.29, 1.82) is 0 Å². The molecule has 0 unspecified atom stereocenters. The summed E-state index contributed by atoms with van der Waals surface area (Å²) in [7, 11) is 7.60. The standard InChI is InChI=1S/C16H24N2O4/c1-17(2)8-10-21-15(19)13-6-5-7-14(12-13)16(20)22-11-9-18(3)4/h5-7,12H,8-11H2,1-4H3. The first-order valence-electron chi connectivity index (χ1n) is 7.14. The molecule has 0 saturated heterocycles. The lowest BCUT2D eigenvalue weighted by molar-refractivity contribution is 0.0480. The van der Waals surface area contributed by atoms with Gasteiger partial charge in [0.15, 0.2) is 0 Å². The van der Waals surface area contributed by atoms with Crippen molar-refractivity contribution in [2.45, 2.75) is 0 Å². The topological polar surface area (TPSA) is 59.1 Å². The molecule has 1 aromatic carbocycles. The monoisotopic (exact) mass is 308 g/mol. The molecule has 6 nitrogen and oxygen atoms in total. The molecule has 0 amide bonds. The predicted octanol–water partition coefficient (Wildman–Crippen LogP) is 1.12. The largest absolute Gasteiger partial charge is 0.461 e. The highest BCUT2D eigenvalue weighted by atomic mass is 16.5. The summed E-state index contributed by atoms with van der Waals surface area (Å²) in [6, 6.07) is 6.38. The van der Waals surface area contributed by atoms with Gasteiger partial charge in [0.25, 0.3) is 0 Å². The van der Waals surface area contributed by atoms with Gasteiger partial charge in [0, 0.05) is 13.1 Å². The minimum atomic E-state index is -0.440. The van der Waals surface area contributed by atoms with Crippen molar-refractivity contribution in [2.75, 3.05) is 54.5 Å². The zero-order valence-corrected chi connectivity index (χ0v) is 13.7. The molecule has 1 rings (SSSR count). The van der Waals surface area contributed by atoms with E-state index in [2.05, 4.69) is 0 Å². The first-order chi connectivity index (χ1) is 10.4. The maximum absolute atomic E-state index is 11.9. The molecule has 0 N–H and O–H groups in total. The van der Waals surface area contributed by atoms with Crippen LogP contribution in [-0.2, 0) is 9.47 Å². The van der Waals surface area contributed by atoms with Crippen LogP contribution in [0.1, 0.15) is 20.7 Å². The van der Waals surface area contributed by atoms with Crippen molar-refractivity contribution in [3.8, 4) is 0 Å². The Kier molecular flexibility index (Phi) is 7.56. The van der Waals surface area contributed by atoms with Gasteiger partial charge in [-0.3, -0.25) is 0 Å². The highest BCUT2D eigenvalue weighted by Gasteiger charge is 2.12. The van der Waals surface area contributed by atoms with E-state index in [-0.39, 0.29) is 0 Å². The molecular weight excluding hydrogens is 284 g/mol. The van der Waals surface area contributed by atoms with Crippen molar-refractivity contribution in [3.05, 3.63) is 35.4 Å². The molecule has 0 aliphatic carbocycles. The van der Waals surface area contributed by atoms with Crippen molar-refractivity contribution in [3.63, 3.8) is 0 Å². The Hall–Kier alpha value is -1.92. The second kappa shape index (κ2) is 9.17. The lowest BCUT2D eigenvalue weighted by atomic mass is 10.1. The van der Waals surface area contributed by atoms with Crippen LogP contribution in [0.25, 0.3) is 0 Å². The number of carbonyl (C=O) groups is 2. The second-order valence-corrected chi connectivity index (χ2v) is 5.46. The molecular formula is C16H24N2O4. The van der Waals surface area contributed by atoms with E-state index in [0.717, 1.165) is 0 Å². The molecule has 0 saturated carbocycles. The lowest BCUT2D eigenvalue weighted by Gasteiger charge is -2.11. The SMILES string of the molecule is CN(C)CCOC(=O)c1cccc(C(=O)OCCN(C)C)c1. The lowest BCUT2D eigenvalue weighted by Crippen LogP contribution is -2.21. The second-order valence-electron chi connectivity index (χ2n) is 5.46. The fraction of sp³-hybridized carbons (Fsp3) is 0.500. The molecule has 0 aliphatic rings. The van der Waals surface area contributed by atoms with Crippen LogP contribution in [-0.4, -0.2) is 76.2 Å². The van der Waals surface area contributed by atoms with Crippen molar-refractivity contribution in [1.82, 2.24) is 9.80 Å².